The molecule has 0 saturated carbocycles. The zero-order valence-electron chi connectivity index (χ0n) is 6.96. The number of carbonyl (C=O) groups excluding carboxylic acids is 2. The van der Waals surface area contributed by atoms with Crippen LogP contribution in [0.1, 0.15) is 10.4 Å². The van der Waals surface area contributed by atoms with Gasteiger partial charge in [-0.05, 0) is 40.8 Å². The van der Waals surface area contributed by atoms with Crippen LogP contribution in [0.3, 0.4) is 0 Å². The number of hydrogen-bond acceptors (Lipinski definition) is 2. The Morgan fingerprint density at radius 1 is 1.36 bits per heavy atom. The fourth-order valence-corrected chi connectivity index (χ4v) is 1.86. The van der Waals surface area contributed by atoms with Crippen molar-refractivity contribution in [2.24, 2.45) is 0 Å². The van der Waals surface area contributed by atoms with E-state index in [0.29, 0.717) is 5.69 Å². The van der Waals surface area contributed by atoms with Crippen LogP contribution in [0.15, 0.2) is 18.2 Å². The molecule has 0 bridgehead atoms. The van der Waals surface area contributed by atoms with E-state index in [2.05, 4.69) is 0 Å². The van der Waals surface area contributed by atoms with Crippen LogP contribution in [-0.4, -0.2) is 18.5 Å². The molecule has 0 N–H and O–H groups in total. The van der Waals surface area contributed by atoms with E-state index in [9.17, 15) is 14.0 Å². The molecule has 1 aromatic carbocycles. The molecule has 0 aromatic heterocycles. The number of halogens is 2. The van der Waals surface area contributed by atoms with Gasteiger partial charge in [-0.15, -0.1) is 0 Å². The quantitative estimate of drug-likeness (QED) is 0.450. The SMILES string of the molecule is O=C1C(=O)N(CF)c2cc(I)ccc21. The van der Waals surface area contributed by atoms with Crippen molar-refractivity contribution in [3.63, 3.8) is 0 Å². The molecule has 1 aliphatic heterocycles. The lowest BCUT2D eigenvalue weighted by Crippen LogP contribution is -2.28. The van der Waals surface area contributed by atoms with Gasteiger partial charge in [-0.3, -0.25) is 14.5 Å². The normalized spacial score (nSPS) is 14.9. The Morgan fingerprint density at radius 3 is 2.71 bits per heavy atom. The van der Waals surface area contributed by atoms with Gasteiger partial charge in [-0.25, -0.2) is 4.39 Å². The minimum Gasteiger partial charge on any atom is -0.283 e. The monoisotopic (exact) mass is 305 g/mol. The minimum atomic E-state index is -0.961. The first-order valence-electron chi connectivity index (χ1n) is 3.87. The standard InChI is InChI=1S/C9H5FINO2/c10-4-12-7-3-5(11)1-2-6(7)8(13)9(12)14/h1-3H,4H2. The highest BCUT2D eigenvalue weighted by molar-refractivity contribution is 14.1. The molecule has 0 atom stereocenters. The van der Waals surface area contributed by atoms with Crippen LogP contribution in [-0.2, 0) is 4.79 Å². The minimum absolute atomic E-state index is 0.285. The summed E-state index contributed by atoms with van der Waals surface area (Å²) in [5.74, 6) is -1.42. The molecule has 72 valence electrons. The lowest BCUT2D eigenvalue weighted by atomic mass is 10.1. The van der Waals surface area contributed by atoms with Gasteiger partial charge in [0.2, 0.25) is 0 Å². The van der Waals surface area contributed by atoms with Crippen LogP contribution >= 0.6 is 22.6 Å². The van der Waals surface area contributed by atoms with Gasteiger partial charge in [0, 0.05) is 3.57 Å². The number of amides is 1. The number of Topliss-reactive ketones (excluding diaryl/α,β-unsaturated/α-hetero) is 1. The molecular formula is C9H5FINO2. The van der Waals surface area contributed by atoms with E-state index >= 15 is 0 Å². The second kappa shape index (κ2) is 3.30. The second-order valence-corrected chi connectivity index (χ2v) is 4.09. The Balaban J connectivity index is 2.62. The smallest absolute Gasteiger partial charge is 0.283 e. The van der Waals surface area contributed by atoms with E-state index in [1.54, 1.807) is 18.2 Å². The Labute approximate surface area is 93.0 Å². The number of benzene rings is 1. The molecule has 0 spiro atoms. The molecule has 1 amide bonds. The van der Waals surface area contributed by atoms with Crippen LogP contribution in [0.25, 0.3) is 0 Å². The molecule has 1 aromatic rings. The van der Waals surface area contributed by atoms with Gasteiger partial charge < -0.3 is 0 Å². The van der Waals surface area contributed by atoms with Gasteiger partial charge in [-0.1, -0.05) is 0 Å². The molecule has 0 unspecified atom stereocenters. The van der Waals surface area contributed by atoms with Gasteiger partial charge in [0.15, 0.2) is 6.80 Å². The Kier molecular flexibility index (Phi) is 2.26. The van der Waals surface area contributed by atoms with Crippen LogP contribution in [0.2, 0.25) is 0 Å². The van der Waals surface area contributed by atoms with Crippen molar-refractivity contribution in [2.75, 3.05) is 11.7 Å². The van der Waals surface area contributed by atoms with Gasteiger partial charge >= 0.3 is 5.91 Å². The zero-order chi connectivity index (χ0) is 10.3. The van der Waals surface area contributed by atoms with Crippen molar-refractivity contribution >= 4 is 40.0 Å². The van der Waals surface area contributed by atoms with Crippen molar-refractivity contribution < 1.29 is 14.0 Å². The highest BCUT2D eigenvalue weighted by atomic mass is 127. The van der Waals surface area contributed by atoms with Crippen molar-refractivity contribution in [1.82, 2.24) is 0 Å². The number of carbonyl (C=O) groups is 2. The number of rotatable bonds is 1. The average Bonchev–Trinajstić information content (AvgIpc) is 2.39. The molecule has 3 nitrogen and oxygen atoms in total. The Bertz CT molecular complexity index is 433. The molecule has 0 aliphatic carbocycles. The predicted molar refractivity (Wildman–Crippen MR) is 57.0 cm³/mol. The molecule has 14 heavy (non-hydrogen) atoms. The summed E-state index contributed by atoms with van der Waals surface area (Å²) in [6.07, 6.45) is 0. The topological polar surface area (TPSA) is 37.4 Å². The highest BCUT2D eigenvalue weighted by Crippen LogP contribution is 2.30. The highest BCUT2D eigenvalue weighted by Gasteiger charge is 2.35. The molecule has 0 saturated heterocycles. The molecule has 0 radical (unpaired) electrons. The number of hydrogen-bond donors (Lipinski definition) is 0. The van der Waals surface area contributed by atoms with Crippen LogP contribution in [0.5, 0.6) is 0 Å². The zero-order valence-corrected chi connectivity index (χ0v) is 9.12. The Hall–Kier alpha value is -0.980. The van der Waals surface area contributed by atoms with E-state index in [-0.39, 0.29) is 5.56 Å². The van der Waals surface area contributed by atoms with E-state index in [0.717, 1.165) is 8.47 Å². The molecule has 2 rings (SSSR count). The first-order chi connectivity index (χ1) is 6.65. The van der Waals surface area contributed by atoms with Gasteiger partial charge in [0.25, 0.3) is 5.78 Å². The third kappa shape index (κ3) is 1.23. The van der Waals surface area contributed by atoms with Crippen molar-refractivity contribution in [2.45, 2.75) is 0 Å². The van der Waals surface area contributed by atoms with Gasteiger partial charge in [-0.2, -0.15) is 0 Å². The molecule has 0 fully saturated rings. The van der Waals surface area contributed by atoms with Crippen LogP contribution < -0.4 is 4.90 Å². The largest absolute Gasteiger partial charge is 0.301 e. The summed E-state index contributed by atoms with van der Waals surface area (Å²) in [5.41, 5.74) is 0.655. The average molecular weight is 305 g/mol. The van der Waals surface area contributed by atoms with Crippen molar-refractivity contribution in [3.05, 3.63) is 27.3 Å². The van der Waals surface area contributed by atoms with Crippen molar-refractivity contribution in [1.29, 1.82) is 0 Å². The maximum Gasteiger partial charge on any atom is 0.301 e. The second-order valence-electron chi connectivity index (χ2n) is 2.84. The Morgan fingerprint density at radius 2 is 2.07 bits per heavy atom. The number of anilines is 1. The summed E-state index contributed by atoms with van der Waals surface area (Å²) in [4.78, 5) is 23.4. The summed E-state index contributed by atoms with van der Waals surface area (Å²) >= 11 is 2.04. The maximum atomic E-state index is 12.5. The fourth-order valence-electron chi connectivity index (χ4n) is 1.39. The molecule has 1 aliphatic rings. The lowest BCUT2D eigenvalue weighted by molar-refractivity contribution is -0.114. The number of ketones is 1. The van der Waals surface area contributed by atoms with E-state index in [1.807, 2.05) is 22.6 Å². The summed E-state index contributed by atoms with van der Waals surface area (Å²) in [7, 11) is 0. The van der Waals surface area contributed by atoms with Crippen LogP contribution in [0, 0.1) is 3.57 Å². The third-order valence-electron chi connectivity index (χ3n) is 2.05. The van der Waals surface area contributed by atoms with Crippen LogP contribution in [0.4, 0.5) is 10.1 Å². The first-order valence-corrected chi connectivity index (χ1v) is 4.94. The number of nitrogens with zero attached hydrogens (tertiary/aromatic N) is 1. The van der Waals surface area contributed by atoms with Gasteiger partial charge in [0.1, 0.15) is 0 Å². The molecule has 5 heteroatoms. The number of fused-ring (bicyclic) bond motifs is 1. The maximum absolute atomic E-state index is 12.5. The summed E-state index contributed by atoms with van der Waals surface area (Å²) < 4.78 is 13.3. The lowest BCUT2D eigenvalue weighted by Gasteiger charge is -2.10. The first kappa shape index (κ1) is 9.57. The third-order valence-corrected chi connectivity index (χ3v) is 2.73. The fraction of sp³-hybridized carbons (Fsp3) is 0.111. The van der Waals surface area contributed by atoms with E-state index < -0.39 is 18.5 Å². The molecule has 1 heterocycles. The molecular weight excluding hydrogens is 300 g/mol. The van der Waals surface area contributed by atoms with E-state index in [4.69, 9.17) is 0 Å². The summed E-state index contributed by atoms with van der Waals surface area (Å²) in [5, 5.41) is 0. The van der Waals surface area contributed by atoms with Crippen molar-refractivity contribution in [3.8, 4) is 0 Å². The summed E-state index contributed by atoms with van der Waals surface area (Å²) in [6, 6.07) is 4.89. The number of alkyl halides is 1. The van der Waals surface area contributed by atoms with E-state index in [1.165, 1.54) is 0 Å². The summed E-state index contributed by atoms with van der Waals surface area (Å²) in [6.45, 7) is -0.961. The van der Waals surface area contributed by atoms with Gasteiger partial charge in [0.05, 0.1) is 11.3 Å². The predicted octanol–water partition coefficient (Wildman–Crippen LogP) is 1.75.